The zero-order valence-corrected chi connectivity index (χ0v) is 11.0. The molecule has 0 amide bonds. The molecule has 0 bridgehead atoms. The molecule has 0 fully saturated rings. The van der Waals surface area contributed by atoms with Crippen LogP contribution in [0.3, 0.4) is 0 Å². The molecule has 1 aliphatic carbocycles. The Bertz CT molecular complexity index is 629. The van der Waals surface area contributed by atoms with Crippen molar-refractivity contribution in [2.75, 3.05) is 0 Å². The van der Waals surface area contributed by atoms with E-state index in [0.717, 1.165) is 28.9 Å². The van der Waals surface area contributed by atoms with Gasteiger partial charge in [0.25, 0.3) is 0 Å². The molecule has 0 saturated heterocycles. The Kier molecular flexibility index (Phi) is 3.08. The van der Waals surface area contributed by atoms with Crippen LogP contribution in [0.5, 0.6) is 5.75 Å². The second-order valence-corrected chi connectivity index (χ2v) is 5.02. The van der Waals surface area contributed by atoms with Gasteiger partial charge in [-0.1, -0.05) is 35.9 Å². The molecule has 96 valence electrons. The second kappa shape index (κ2) is 4.88. The number of carbonyl (C=O) groups is 1. The van der Waals surface area contributed by atoms with Crippen LogP contribution >= 0.6 is 0 Å². The van der Waals surface area contributed by atoms with E-state index in [1.54, 1.807) is 0 Å². The van der Waals surface area contributed by atoms with Gasteiger partial charge in [0.05, 0.1) is 0 Å². The minimum atomic E-state index is 0.232. The summed E-state index contributed by atoms with van der Waals surface area (Å²) in [6.45, 7) is 2.60. The Hall–Kier alpha value is -2.09. The number of hydrogen-bond donors (Lipinski definition) is 0. The van der Waals surface area contributed by atoms with Crippen molar-refractivity contribution in [1.29, 1.82) is 0 Å². The van der Waals surface area contributed by atoms with E-state index < -0.39 is 0 Å². The topological polar surface area (TPSA) is 26.3 Å². The van der Waals surface area contributed by atoms with Crippen LogP contribution in [-0.4, -0.2) is 5.78 Å². The predicted octanol–water partition coefficient (Wildman–Crippen LogP) is 3.70. The highest BCUT2D eigenvalue weighted by molar-refractivity contribution is 6.00. The Morgan fingerprint density at radius 2 is 2.00 bits per heavy atom. The quantitative estimate of drug-likeness (QED) is 0.832. The fourth-order valence-electron chi connectivity index (χ4n) is 2.47. The van der Waals surface area contributed by atoms with Crippen molar-refractivity contribution < 1.29 is 9.53 Å². The number of ketones is 1. The number of fused-ring (bicyclic) bond motifs is 1. The molecule has 0 heterocycles. The third-order valence-electron chi connectivity index (χ3n) is 3.49. The highest BCUT2D eigenvalue weighted by Gasteiger charge is 2.19. The standard InChI is InChI=1S/C17H16O2/c1-12-3-2-4-13(9-12)11-19-15-7-5-14-6-8-17(18)16(14)10-15/h2-5,7,9-10H,6,8,11H2,1H3. The molecule has 0 saturated carbocycles. The molecular formula is C17H16O2. The lowest BCUT2D eigenvalue weighted by molar-refractivity contribution is 0.0994. The maximum absolute atomic E-state index is 11.7. The third kappa shape index (κ3) is 2.53. The van der Waals surface area contributed by atoms with Gasteiger partial charge >= 0.3 is 0 Å². The van der Waals surface area contributed by atoms with E-state index in [2.05, 4.69) is 19.1 Å². The van der Waals surface area contributed by atoms with Gasteiger partial charge in [0.15, 0.2) is 5.78 Å². The summed E-state index contributed by atoms with van der Waals surface area (Å²) in [7, 11) is 0. The number of carbonyl (C=O) groups excluding carboxylic acids is 1. The van der Waals surface area contributed by atoms with Crippen LogP contribution in [0, 0.1) is 6.92 Å². The maximum atomic E-state index is 11.7. The van der Waals surface area contributed by atoms with Crippen LogP contribution in [-0.2, 0) is 13.0 Å². The molecule has 0 atom stereocenters. The van der Waals surface area contributed by atoms with Crippen molar-refractivity contribution in [3.63, 3.8) is 0 Å². The van der Waals surface area contributed by atoms with Crippen molar-refractivity contribution in [2.45, 2.75) is 26.4 Å². The monoisotopic (exact) mass is 252 g/mol. The molecule has 19 heavy (non-hydrogen) atoms. The summed E-state index contributed by atoms with van der Waals surface area (Å²) in [6.07, 6.45) is 1.50. The summed E-state index contributed by atoms with van der Waals surface area (Å²) >= 11 is 0. The summed E-state index contributed by atoms with van der Waals surface area (Å²) < 4.78 is 5.77. The molecule has 0 aromatic heterocycles. The molecule has 0 spiro atoms. The molecule has 2 heteroatoms. The minimum absolute atomic E-state index is 0.232. The Labute approximate surface area is 113 Å². The van der Waals surface area contributed by atoms with E-state index in [1.165, 1.54) is 5.56 Å². The molecule has 3 rings (SSSR count). The summed E-state index contributed by atoms with van der Waals surface area (Å²) in [5.74, 6) is 1.01. The Balaban J connectivity index is 1.74. The lowest BCUT2D eigenvalue weighted by Crippen LogP contribution is -1.98. The first-order valence-corrected chi connectivity index (χ1v) is 6.57. The van der Waals surface area contributed by atoms with Gasteiger partial charge in [-0.15, -0.1) is 0 Å². The average molecular weight is 252 g/mol. The molecule has 2 aromatic carbocycles. The largest absolute Gasteiger partial charge is 0.489 e. The Morgan fingerprint density at radius 1 is 1.11 bits per heavy atom. The van der Waals surface area contributed by atoms with Crippen LogP contribution in [0.1, 0.15) is 33.5 Å². The van der Waals surface area contributed by atoms with Crippen molar-refractivity contribution in [1.82, 2.24) is 0 Å². The van der Waals surface area contributed by atoms with Crippen LogP contribution in [0.25, 0.3) is 0 Å². The number of Topliss-reactive ketones (excluding diaryl/α,β-unsaturated/α-hetero) is 1. The molecular weight excluding hydrogens is 236 g/mol. The molecule has 1 aliphatic rings. The Morgan fingerprint density at radius 3 is 2.84 bits per heavy atom. The van der Waals surface area contributed by atoms with Gasteiger partial charge in [0.1, 0.15) is 12.4 Å². The van der Waals surface area contributed by atoms with Crippen LogP contribution in [0.4, 0.5) is 0 Å². The predicted molar refractivity (Wildman–Crippen MR) is 74.6 cm³/mol. The normalized spacial score (nSPS) is 13.4. The van der Waals surface area contributed by atoms with Crippen LogP contribution in [0.2, 0.25) is 0 Å². The van der Waals surface area contributed by atoms with Crippen molar-refractivity contribution >= 4 is 5.78 Å². The molecule has 2 nitrogen and oxygen atoms in total. The zero-order chi connectivity index (χ0) is 13.2. The lowest BCUT2D eigenvalue weighted by Gasteiger charge is -2.08. The maximum Gasteiger partial charge on any atom is 0.163 e. The number of benzene rings is 2. The first kappa shape index (κ1) is 12.0. The van der Waals surface area contributed by atoms with E-state index in [9.17, 15) is 4.79 Å². The highest BCUT2D eigenvalue weighted by Crippen LogP contribution is 2.26. The first-order chi connectivity index (χ1) is 9.22. The zero-order valence-electron chi connectivity index (χ0n) is 11.0. The molecule has 2 aromatic rings. The fraction of sp³-hybridized carbons (Fsp3) is 0.235. The van der Waals surface area contributed by atoms with E-state index in [4.69, 9.17) is 4.74 Å². The van der Waals surface area contributed by atoms with Crippen molar-refractivity contribution in [3.8, 4) is 5.75 Å². The number of rotatable bonds is 3. The van der Waals surface area contributed by atoms with Crippen molar-refractivity contribution in [2.24, 2.45) is 0 Å². The minimum Gasteiger partial charge on any atom is -0.489 e. The smallest absolute Gasteiger partial charge is 0.163 e. The van der Waals surface area contributed by atoms with Crippen LogP contribution < -0.4 is 4.74 Å². The van der Waals surface area contributed by atoms with E-state index >= 15 is 0 Å². The SMILES string of the molecule is Cc1cccc(COc2ccc3c(c2)C(=O)CC3)c1. The van der Waals surface area contributed by atoms with Crippen LogP contribution in [0.15, 0.2) is 42.5 Å². The lowest BCUT2D eigenvalue weighted by atomic mass is 10.1. The summed E-state index contributed by atoms with van der Waals surface area (Å²) in [6, 6.07) is 14.1. The van der Waals surface area contributed by atoms with E-state index in [0.29, 0.717) is 13.0 Å². The number of ether oxygens (including phenoxy) is 1. The number of aryl methyl sites for hydroxylation is 2. The van der Waals surface area contributed by atoms with Gasteiger partial charge < -0.3 is 4.74 Å². The fourth-order valence-corrected chi connectivity index (χ4v) is 2.47. The first-order valence-electron chi connectivity index (χ1n) is 6.57. The average Bonchev–Trinajstić information content (AvgIpc) is 2.78. The third-order valence-corrected chi connectivity index (χ3v) is 3.49. The van der Waals surface area contributed by atoms with Crippen molar-refractivity contribution in [3.05, 3.63) is 64.7 Å². The van der Waals surface area contributed by atoms with Gasteiger partial charge in [0, 0.05) is 12.0 Å². The summed E-state index contributed by atoms with van der Waals surface area (Å²) in [5.41, 5.74) is 4.35. The molecule has 0 radical (unpaired) electrons. The van der Waals surface area contributed by atoms with Gasteiger partial charge in [-0.25, -0.2) is 0 Å². The molecule has 0 unspecified atom stereocenters. The van der Waals surface area contributed by atoms with E-state index in [-0.39, 0.29) is 5.78 Å². The molecule has 0 N–H and O–H groups in total. The highest BCUT2D eigenvalue weighted by atomic mass is 16.5. The van der Waals surface area contributed by atoms with Gasteiger partial charge in [-0.2, -0.15) is 0 Å². The van der Waals surface area contributed by atoms with E-state index in [1.807, 2.05) is 30.3 Å². The summed E-state index contributed by atoms with van der Waals surface area (Å²) in [4.78, 5) is 11.7. The van der Waals surface area contributed by atoms with Gasteiger partial charge in [-0.3, -0.25) is 4.79 Å². The van der Waals surface area contributed by atoms with Gasteiger partial charge in [-0.05, 0) is 36.6 Å². The second-order valence-electron chi connectivity index (χ2n) is 5.02. The number of hydrogen-bond acceptors (Lipinski definition) is 2. The molecule has 0 aliphatic heterocycles. The van der Waals surface area contributed by atoms with Gasteiger partial charge in [0.2, 0.25) is 0 Å². The summed E-state index contributed by atoms with van der Waals surface area (Å²) in [5, 5.41) is 0.